The Balaban J connectivity index is 1.23. The SMILES string of the molecule is O=C(c1ccc2ccc(-c3nccc(Nc4ccc(-c5cn[nH]c5)cc4)n3)cc2n1)N1CC(F)(F)C1. The van der Waals surface area contributed by atoms with Gasteiger partial charge >= 0.3 is 0 Å². The zero-order valence-electron chi connectivity index (χ0n) is 18.8. The fraction of sp³-hybridized carbons (Fsp3) is 0.115. The highest BCUT2D eigenvalue weighted by Gasteiger charge is 2.46. The minimum atomic E-state index is -2.82. The fourth-order valence-corrected chi connectivity index (χ4v) is 4.06. The predicted molar refractivity (Wildman–Crippen MR) is 131 cm³/mol. The molecule has 0 bridgehead atoms. The molecular formula is C26H19F2N7O. The van der Waals surface area contributed by atoms with Crippen LogP contribution in [-0.2, 0) is 0 Å². The Morgan fingerprint density at radius 1 is 0.944 bits per heavy atom. The summed E-state index contributed by atoms with van der Waals surface area (Å²) in [5.41, 5.74) is 4.32. The molecule has 1 fully saturated rings. The molecule has 1 saturated heterocycles. The molecule has 2 N–H and O–H groups in total. The summed E-state index contributed by atoms with van der Waals surface area (Å²) in [5, 5.41) is 10.9. The summed E-state index contributed by atoms with van der Waals surface area (Å²) in [6.45, 7) is -1.16. The number of likely N-dealkylation sites (tertiary alicyclic amines) is 1. The number of fused-ring (bicyclic) bond motifs is 1. The largest absolute Gasteiger partial charge is 0.340 e. The summed E-state index contributed by atoms with van der Waals surface area (Å²) in [5.74, 6) is -2.23. The van der Waals surface area contributed by atoms with Gasteiger partial charge in [-0.1, -0.05) is 30.3 Å². The van der Waals surface area contributed by atoms with Crippen molar-refractivity contribution in [1.82, 2.24) is 30.0 Å². The summed E-state index contributed by atoms with van der Waals surface area (Å²) in [4.78, 5) is 27.0. The lowest BCUT2D eigenvalue weighted by Gasteiger charge is -2.38. The van der Waals surface area contributed by atoms with E-state index >= 15 is 0 Å². The number of alkyl halides is 2. The van der Waals surface area contributed by atoms with E-state index in [4.69, 9.17) is 0 Å². The van der Waals surface area contributed by atoms with Gasteiger partial charge in [-0.15, -0.1) is 0 Å². The maximum atomic E-state index is 13.2. The number of nitrogens with zero attached hydrogens (tertiary/aromatic N) is 5. The second-order valence-corrected chi connectivity index (χ2v) is 8.58. The monoisotopic (exact) mass is 483 g/mol. The minimum absolute atomic E-state index is 0.130. The first-order valence-corrected chi connectivity index (χ1v) is 11.2. The van der Waals surface area contributed by atoms with Crippen LogP contribution in [0, 0.1) is 0 Å². The second kappa shape index (κ2) is 8.49. The highest BCUT2D eigenvalue weighted by Crippen LogP contribution is 2.29. The summed E-state index contributed by atoms with van der Waals surface area (Å²) in [6.07, 6.45) is 5.26. The lowest BCUT2D eigenvalue weighted by atomic mass is 10.1. The Hall–Kier alpha value is -4.73. The molecule has 0 atom stereocenters. The van der Waals surface area contributed by atoms with Crippen LogP contribution in [0.2, 0.25) is 0 Å². The maximum absolute atomic E-state index is 13.2. The number of halogens is 2. The molecule has 0 saturated carbocycles. The van der Waals surface area contributed by atoms with Gasteiger partial charge in [0.05, 0.1) is 24.8 Å². The molecule has 4 heterocycles. The first-order chi connectivity index (χ1) is 17.4. The summed E-state index contributed by atoms with van der Waals surface area (Å²) in [6, 6.07) is 18.5. The first-order valence-electron chi connectivity index (χ1n) is 11.2. The number of hydrogen-bond donors (Lipinski definition) is 2. The van der Waals surface area contributed by atoms with Crippen molar-refractivity contribution in [3.05, 3.63) is 84.9 Å². The van der Waals surface area contributed by atoms with Crippen LogP contribution in [0.15, 0.2) is 79.3 Å². The van der Waals surface area contributed by atoms with Crippen LogP contribution in [0.1, 0.15) is 10.5 Å². The van der Waals surface area contributed by atoms with E-state index in [9.17, 15) is 13.6 Å². The van der Waals surface area contributed by atoms with Gasteiger partial charge in [-0.05, 0) is 35.9 Å². The number of aromatic amines is 1. The lowest BCUT2D eigenvalue weighted by molar-refractivity contribution is -0.113. The highest BCUT2D eigenvalue weighted by molar-refractivity contribution is 5.96. The van der Waals surface area contributed by atoms with Crippen LogP contribution in [0.4, 0.5) is 20.3 Å². The van der Waals surface area contributed by atoms with Crippen LogP contribution in [-0.4, -0.2) is 55.0 Å². The van der Waals surface area contributed by atoms with Crippen LogP contribution >= 0.6 is 0 Å². The third kappa shape index (κ3) is 4.24. The molecule has 1 aliphatic heterocycles. The summed E-state index contributed by atoms with van der Waals surface area (Å²) < 4.78 is 26.3. The van der Waals surface area contributed by atoms with Crippen molar-refractivity contribution in [3.8, 4) is 22.5 Å². The average molecular weight is 483 g/mol. The molecule has 2 aromatic carbocycles. The number of H-pyrrole nitrogens is 1. The van der Waals surface area contributed by atoms with Crippen molar-refractivity contribution in [2.24, 2.45) is 0 Å². The number of carbonyl (C=O) groups excluding carboxylic acids is 1. The Morgan fingerprint density at radius 2 is 1.72 bits per heavy atom. The van der Waals surface area contributed by atoms with Gasteiger partial charge in [0.25, 0.3) is 11.8 Å². The Morgan fingerprint density at radius 3 is 2.47 bits per heavy atom. The predicted octanol–water partition coefficient (Wildman–Crippen LogP) is 4.92. The van der Waals surface area contributed by atoms with Crippen molar-refractivity contribution < 1.29 is 13.6 Å². The zero-order valence-corrected chi connectivity index (χ0v) is 18.8. The maximum Gasteiger partial charge on any atom is 0.282 e. The minimum Gasteiger partial charge on any atom is -0.340 e. The van der Waals surface area contributed by atoms with Crippen molar-refractivity contribution >= 4 is 28.3 Å². The highest BCUT2D eigenvalue weighted by atomic mass is 19.3. The van der Waals surface area contributed by atoms with E-state index < -0.39 is 24.9 Å². The molecule has 1 aliphatic rings. The number of anilines is 2. The summed E-state index contributed by atoms with van der Waals surface area (Å²) >= 11 is 0. The van der Waals surface area contributed by atoms with E-state index in [0.717, 1.165) is 27.1 Å². The topological polar surface area (TPSA) is 99.7 Å². The molecule has 0 spiro atoms. The van der Waals surface area contributed by atoms with Crippen molar-refractivity contribution in [2.75, 3.05) is 18.4 Å². The normalized spacial score (nSPS) is 14.4. The van der Waals surface area contributed by atoms with E-state index in [1.165, 1.54) is 0 Å². The van der Waals surface area contributed by atoms with Gasteiger partial charge in [0.1, 0.15) is 11.5 Å². The Kier molecular flexibility index (Phi) is 5.14. The second-order valence-electron chi connectivity index (χ2n) is 8.58. The quantitative estimate of drug-likeness (QED) is 0.368. The van der Waals surface area contributed by atoms with Gasteiger partial charge in [-0.2, -0.15) is 5.10 Å². The van der Waals surface area contributed by atoms with Crippen molar-refractivity contribution in [1.29, 1.82) is 0 Å². The average Bonchev–Trinajstić information content (AvgIpc) is 3.42. The van der Waals surface area contributed by atoms with Gasteiger partial charge < -0.3 is 10.2 Å². The van der Waals surface area contributed by atoms with E-state index in [1.54, 1.807) is 36.7 Å². The van der Waals surface area contributed by atoms with E-state index in [-0.39, 0.29) is 5.69 Å². The molecule has 6 rings (SSSR count). The van der Waals surface area contributed by atoms with Gasteiger partial charge in [-0.3, -0.25) is 9.89 Å². The Bertz CT molecular complexity index is 1560. The van der Waals surface area contributed by atoms with Crippen LogP contribution in [0.3, 0.4) is 0 Å². The molecule has 10 heteroatoms. The summed E-state index contributed by atoms with van der Waals surface area (Å²) in [7, 11) is 0. The standard InChI is InChI=1S/C26H19F2N7O/c27-26(28)14-35(15-26)25(36)21-8-5-17-1-2-18(11-22(17)33-21)24-29-10-9-23(34-24)32-20-6-3-16(4-7-20)19-12-30-31-13-19/h1-13H,14-15H2,(H,30,31)(H,29,32,34). The molecule has 3 aromatic heterocycles. The van der Waals surface area contributed by atoms with E-state index in [0.29, 0.717) is 22.7 Å². The number of nitrogens with one attached hydrogen (secondary N) is 2. The van der Waals surface area contributed by atoms with Gasteiger partial charge in [0.2, 0.25) is 0 Å². The zero-order chi connectivity index (χ0) is 24.7. The van der Waals surface area contributed by atoms with E-state index in [2.05, 4.69) is 30.5 Å². The van der Waals surface area contributed by atoms with Crippen molar-refractivity contribution in [2.45, 2.75) is 5.92 Å². The molecule has 0 radical (unpaired) electrons. The molecule has 0 unspecified atom stereocenters. The molecule has 5 aromatic rings. The molecule has 178 valence electrons. The van der Waals surface area contributed by atoms with Crippen LogP contribution in [0.25, 0.3) is 33.4 Å². The number of carbonyl (C=O) groups is 1. The number of benzene rings is 2. The molecular weight excluding hydrogens is 464 g/mol. The number of aromatic nitrogens is 5. The third-order valence-corrected chi connectivity index (χ3v) is 5.95. The van der Waals surface area contributed by atoms with E-state index in [1.807, 2.05) is 42.6 Å². The van der Waals surface area contributed by atoms with Crippen LogP contribution < -0.4 is 5.32 Å². The Labute approximate surface area is 204 Å². The van der Waals surface area contributed by atoms with Gasteiger partial charge in [-0.25, -0.2) is 23.7 Å². The molecule has 8 nitrogen and oxygen atoms in total. The first kappa shape index (κ1) is 21.8. The lowest BCUT2D eigenvalue weighted by Crippen LogP contribution is -2.58. The number of rotatable bonds is 5. The number of amides is 1. The van der Waals surface area contributed by atoms with Gasteiger partial charge in [0, 0.05) is 34.6 Å². The fourth-order valence-electron chi connectivity index (χ4n) is 4.06. The third-order valence-electron chi connectivity index (χ3n) is 5.95. The van der Waals surface area contributed by atoms with Crippen LogP contribution in [0.5, 0.6) is 0 Å². The van der Waals surface area contributed by atoms with Crippen molar-refractivity contribution in [3.63, 3.8) is 0 Å². The van der Waals surface area contributed by atoms with Gasteiger partial charge in [0.15, 0.2) is 5.82 Å². The molecule has 36 heavy (non-hydrogen) atoms. The molecule has 1 amide bonds. The number of pyridine rings is 1. The smallest absolute Gasteiger partial charge is 0.282 e. The number of hydrogen-bond acceptors (Lipinski definition) is 6. The molecule has 0 aliphatic carbocycles.